The molecule has 0 atom stereocenters. The Kier molecular flexibility index (Phi) is 6.47. The summed E-state index contributed by atoms with van der Waals surface area (Å²) in [7, 11) is 0. The number of carbonyl (C=O) groups excluding carboxylic acids is 1. The molecule has 0 aromatic carbocycles. The lowest BCUT2D eigenvalue weighted by Crippen LogP contribution is -2.37. The molecule has 0 radical (unpaired) electrons. The fourth-order valence-electron chi connectivity index (χ4n) is 2.26. The van der Waals surface area contributed by atoms with E-state index in [0.29, 0.717) is 6.54 Å². The number of ether oxygens (including phenoxy) is 1. The number of rotatable bonds is 5. The number of hydrogen-bond acceptors (Lipinski definition) is 3. The van der Waals surface area contributed by atoms with Crippen LogP contribution in [-0.4, -0.2) is 31.3 Å². The first kappa shape index (κ1) is 15.3. The van der Waals surface area contributed by atoms with Gasteiger partial charge in [-0.25, -0.2) is 4.79 Å². The molecule has 106 valence electrons. The minimum absolute atomic E-state index is 0.332. The van der Waals surface area contributed by atoms with E-state index in [4.69, 9.17) is 4.74 Å². The molecule has 0 aromatic heterocycles. The molecule has 4 nitrogen and oxygen atoms in total. The molecular formula is C14H28N2O2. The van der Waals surface area contributed by atoms with Crippen LogP contribution in [0.2, 0.25) is 0 Å². The van der Waals surface area contributed by atoms with Crippen molar-refractivity contribution in [3.8, 4) is 0 Å². The molecule has 0 saturated heterocycles. The van der Waals surface area contributed by atoms with Crippen LogP contribution in [-0.2, 0) is 4.74 Å². The summed E-state index contributed by atoms with van der Waals surface area (Å²) in [4.78, 5) is 11.4. The number of nitrogens with one attached hydrogen (secondary N) is 2. The van der Waals surface area contributed by atoms with Crippen molar-refractivity contribution in [3.05, 3.63) is 0 Å². The maximum atomic E-state index is 11.4. The first-order valence-corrected chi connectivity index (χ1v) is 7.15. The Hall–Kier alpha value is -0.770. The quantitative estimate of drug-likeness (QED) is 0.744. The third-order valence-electron chi connectivity index (χ3n) is 3.13. The van der Waals surface area contributed by atoms with E-state index in [1.165, 1.54) is 32.1 Å². The van der Waals surface area contributed by atoms with Crippen molar-refractivity contribution in [3.63, 3.8) is 0 Å². The third-order valence-corrected chi connectivity index (χ3v) is 3.13. The predicted octanol–water partition coefficient (Wildman–Crippen LogP) is 2.68. The topological polar surface area (TPSA) is 50.4 Å². The summed E-state index contributed by atoms with van der Waals surface area (Å²) < 4.78 is 5.16. The summed E-state index contributed by atoms with van der Waals surface area (Å²) in [5.74, 6) is 0.834. The molecule has 2 N–H and O–H groups in total. The van der Waals surface area contributed by atoms with E-state index in [-0.39, 0.29) is 6.09 Å². The van der Waals surface area contributed by atoms with Gasteiger partial charge in [0, 0.05) is 13.1 Å². The zero-order valence-electron chi connectivity index (χ0n) is 12.1. The summed E-state index contributed by atoms with van der Waals surface area (Å²) in [6.07, 6.45) is 6.53. The molecule has 0 spiro atoms. The maximum absolute atomic E-state index is 11.4. The molecular weight excluding hydrogens is 228 g/mol. The fourth-order valence-corrected chi connectivity index (χ4v) is 2.26. The van der Waals surface area contributed by atoms with Crippen LogP contribution in [0.1, 0.15) is 52.9 Å². The summed E-state index contributed by atoms with van der Waals surface area (Å²) in [6.45, 7) is 8.13. The van der Waals surface area contributed by atoms with Crippen LogP contribution in [0, 0.1) is 5.92 Å². The highest BCUT2D eigenvalue weighted by Gasteiger charge is 2.15. The van der Waals surface area contributed by atoms with Crippen LogP contribution in [0.15, 0.2) is 0 Å². The lowest BCUT2D eigenvalue weighted by atomic mass is 9.89. The molecule has 1 aliphatic rings. The van der Waals surface area contributed by atoms with E-state index in [1.807, 2.05) is 20.8 Å². The lowest BCUT2D eigenvalue weighted by Gasteiger charge is -2.22. The first-order valence-electron chi connectivity index (χ1n) is 7.15. The zero-order valence-corrected chi connectivity index (χ0v) is 12.1. The Morgan fingerprint density at radius 1 is 1.17 bits per heavy atom. The molecule has 4 heteroatoms. The first-order chi connectivity index (χ1) is 8.47. The van der Waals surface area contributed by atoms with Gasteiger partial charge in [-0.15, -0.1) is 0 Å². The molecule has 1 saturated carbocycles. The second kappa shape index (κ2) is 7.62. The van der Waals surface area contributed by atoms with Crippen LogP contribution in [0.5, 0.6) is 0 Å². The summed E-state index contributed by atoms with van der Waals surface area (Å²) in [6, 6.07) is 0. The highest BCUT2D eigenvalue weighted by Crippen LogP contribution is 2.22. The molecule has 0 bridgehead atoms. The summed E-state index contributed by atoms with van der Waals surface area (Å²) in [5.41, 5.74) is -0.417. The molecule has 1 fully saturated rings. The van der Waals surface area contributed by atoms with Crippen molar-refractivity contribution in [1.82, 2.24) is 10.6 Å². The highest BCUT2D eigenvalue weighted by atomic mass is 16.6. The van der Waals surface area contributed by atoms with Crippen molar-refractivity contribution in [2.24, 2.45) is 5.92 Å². The second-order valence-corrected chi connectivity index (χ2v) is 6.14. The van der Waals surface area contributed by atoms with Gasteiger partial charge in [0.15, 0.2) is 0 Å². The minimum atomic E-state index is -0.417. The lowest BCUT2D eigenvalue weighted by molar-refractivity contribution is 0.0528. The average Bonchev–Trinajstić information content (AvgIpc) is 2.27. The van der Waals surface area contributed by atoms with Gasteiger partial charge in [-0.2, -0.15) is 0 Å². The number of hydrogen-bond donors (Lipinski definition) is 2. The summed E-state index contributed by atoms with van der Waals surface area (Å²) >= 11 is 0. The molecule has 0 heterocycles. The molecule has 1 aliphatic carbocycles. The Morgan fingerprint density at radius 2 is 1.83 bits per heavy atom. The SMILES string of the molecule is CC(C)(C)OC(=O)NCCNCC1CCCCC1. The standard InChI is InChI=1S/C14H28N2O2/c1-14(2,3)18-13(17)16-10-9-15-11-12-7-5-4-6-8-12/h12,15H,4-11H2,1-3H3,(H,16,17). The van der Waals surface area contributed by atoms with E-state index in [2.05, 4.69) is 10.6 Å². The van der Waals surface area contributed by atoms with Crippen LogP contribution < -0.4 is 10.6 Å². The fraction of sp³-hybridized carbons (Fsp3) is 0.929. The smallest absolute Gasteiger partial charge is 0.407 e. The van der Waals surface area contributed by atoms with E-state index in [0.717, 1.165) is 19.0 Å². The van der Waals surface area contributed by atoms with E-state index in [1.54, 1.807) is 0 Å². The number of carbonyl (C=O) groups is 1. The normalized spacial score (nSPS) is 17.5. The molecule has 0 aliphatic heterocycles. The van der Waals surface area contributed by atoms with Crippen LogP contribution >= 0.6 is 0 Å². The van der Waals surface area contributed by atoms with Crippen molar-refractivity contribution >= 4 is 6.09 Å². The number of amides is 1. The van der Waals surface area contributed by atoms with Gasteiger partial charge >= 0.3 is 6.09 Å². The number of alkyl carbamates (subject to hydrolysis) is 1. The zero-order chi connectivity index (χ0) is 13.4. The molecule has 1 rings (SSSR count). The monoisotopic (exact) mass is 256 g/mol. The Labute approximate surface area is 111 Å². The van der Waals surface area contributed by atoms with Crippen molar-refractivity contribution < 1.29 is 9.53 Å². The van der Waals surface area contributed by atoms with Crippen LogP contribution in [0.3, 0.4) is 0 Å². The minimum Gasteiger partial charge on any atom is -0.444 e. The third kappa shape index (κ3) is 7.54. The summed E-state index contributed by atoms with van der Waals surface area (Å²) in [5, 5.41) is 6.16. The van der Waals surface area contributed by atoms with Gasteiger partial charge in [0.1, 0.15) is 5.60 Å². The molecule has 1 amide bonds. The predicted molar refractivity (Wildman–Crippen MR) is 73.7 cm³/mol. The van der Waals surface area contributed by atoms with Gasteiger partial charge in [-0.1, -0.05) is 19.3 Å². The van der Waals surface area contributed by atoms with E-state index < -0.39 is 5.60 Å². The van der Waals surface area contributed by atoms with E-state index >= 15 is 0 Å². The van der Waals surface area contributed by atoms with Gasteiger partial charge < -0.3 is 15.4 Å². The van der Waals surface area contributed by atoms with Crippen molar-refractivity contribution in [2.45, 2.75) is 58.5 Å². The van der Waals surface area contributed by atoms with Gasteiger partial charge in [0.2, 0.25) is 0 Å². The van der Waals surface area contributed by atoms with Crippen molar-refractivity contribution in [1.29, 1.82) is 0 Å². The average molecular weight is 256 g/mol. The van der Waals surface area contributed by atoms with Crippen LogP contribution in [0.4, 0.5) is 4.79 Å². The van der Waals surface area contributed by atoms with Gasteiger partial charge in [-0.05, 0) is 46.1 Å². The van der Waals surface area contributed by atoms with Crippen LogP contribution in [0.25, 0.3) is 0 Å². The van der Waals surface area contributed by atoms with E-state index in [9.17, 15) is 4.79 Å². The molecule has 0 unspecified atom stereocenters. The van der Waals surface area contributed by atoms with Gasteiger partial charge in [0.25, 0.3) is 0 Å². The highest BCUT2D eigenvalue weighted by molar-refractivity contribution is 5.67. The molecule has 18 heavy (non-hydrogen) atoms. The second-order valence-electron chi connectivity index (χ2n) is 6.14. The Balaban J connectivity index is 1.96. The molecule has 0 aromatic rings. The largest absolute Gasteiger partial charge is 0.444 e. The van der Waals surface area contributed by atoms with Crippen molar-refractivity contribution in [2.75, 3.05) is 19.6 Å². The van der Waals surface area contributed by atoms with Gasteiger partial charge in [0.05, 0.1) is 0 Å². The Bertz CT molecular complexity index is 243. The van der Waals surface area contributed by atoms with Gasteiger partial charge in [-0.3, -0.25) is 0 Å². The Morgan fingerprint density at radius 3 is 2.44 bits per heavy atom. The maximum Gasteiger partial charge on any atom is 0.407 e.